The van der Waals surface area contributed by atoms with Crippen molar-refractivity contribution in [2.75, 3.05) is 21.3 Å². The normalized spacial score (nSPS) is 12.1. The van der Waals surface area contributed by atoms with Crippen molar-refractivity contribution in [1.82, 2.24) is 0 Å². The first-order valence-corrected chi connectivity index (χ1v) is 5.25. The molecule has 0 spiro atoms. The molecular weight excluding hydrogens is 262 g/mol. The van der Waals surface area contributed by atoms with Crippen LogP contribution in [0, 0.1) is 0 Å². The highest BCUT2D eigenvalue weighted by atomic mass is 79.9. The van der Waals surface area contributed by atoms with E-state index in [0.717, 1.165) is 5.56 Å². The van der Waals surface area contributed by atoms with Crippen LogP contribution >= 0.6 is 15.9 Å². The standard InChI is InChI=1S/C10H14BrNO3/c1-13-7-4-6(10(11)12)5-8(14-2)9(7)15-3/h4-5,10H,12H2,1-3H3. The largest absolute Gasteiger partial charge is 0.493 e. The van der Waals surface area contributed by atoms with Crippen molar-refractivity contribution in [1.29, 1.82) is 0 Å². The van der Waals surface area contributed by atoms with Gasteiger partial charge in [-0.2, -0.15) is 0 Å². The maximum Gasteiger partial charge on any atom is 0.203 e. The van der Waals surface area contributed by atoms with Gasteiger partial charge in [0.05, 0.1) is 26.3 Å². The molecule has 0 amide bonds. The van der Waals surface area contributed by atoms with Gasteiger partial charge in [-0.25, -0.2) is 0 Å². The van der Waals surface area contributed by atoms with Crippen molar-refractivity contribution in [3.8, 4) is 17.2 Å². The fourth-order valence-corrected chi connectivity index (χ4v) is 1.52. The molecule has 1 atom stereocenters. The lowest BCUT2D eigenvalue weighted by molar-refractivity contribution is 0.324. The van der Waals surface area contributed by atoms with Gasteiger partial charge in [-0.1, -0.05) is 15.9 Å². The summed E-state index contributed by atoms with van der Waals surface area (Å²) in [6.45, 7) is 0. The van der Waals surface area contributed by atoms with Crippen molar-refractivity contribution < 1.29 is 14.2 Å². The molecular formula is C10H14BrNO3. The molecule has 0 saturated carbocycles. The van der Waals surface area contributed by atoms with E-state index in [9.17, 15) is 0 Å². The number of ether oxygens (including phenoxy) is 3. The van der Waals surface area contributed by atoms with E-state index in [4.69, 9.17) is 19.9 Å². The molecule has 0 heterocycles. The minimum absolute atomic E-state index is 0.258. The molecule has 0 saturated heterocycles. The van der Waals surface area contributed by atoms with Gasteiger partial charge in [0.2, 0.25) is 5.75 Å². The zero-order valence-electron chi connectivity index (χ0n) is 8.91. The molecule has 1 aromatic rings. The third-order valence-electron chi connectivity index (χ3n) is 2.01. The molecule has 0 bridgehead atoms. The van der Waals surface area contributed by atoms with Gasteiger partial charge in [0.25, 0.3) is 0 Å². The number of methoxy groups -OCH3 is 3. The van der Waals surface area contributed by atoms with E-state index in [0.29, 0.717) is 17.2 Å². The Morgan fingerprint density at radius 2 is 1.53 bits per heavy atom. The van der Waals surface area contributed by atoms with Gasteiger partial charge in [0.1, 0.15) is 0 Å². The average molecular weight is 276 g/mol. The Balaban J connectivity index is 3.29. The van der Waals surface area contributed by atoms with Crippen LogP contribution in [0.5, 0.6) is 17.2 Å². The summed E-state index contributed by atoms with van der Waals surface area (Å²) in [6.07, 6.45) is 0. The Kier molecular flexibility index (Phi) is 4.23. The molecule has 0 fully saturated rings. The zero-order valence-corrected chi connectivity index (χ0v) is 10.5. The van der Waals surface area contributed by atoms with E-state index in [-0.39, 0.29) is 4.95 Å². The third-order valence-corrected chi connectivity index (χ3v) is 2.53. The summed E-state index contributed by atoms with van der Waals surface area (Å²) >= 11 is 3.28. The van der Waals surface area contributed by atoms with E-state index >= 15 is 0 Å². The van der Waals surface area contributed by atoms with E-state index in [1.54, 1.807) is 33.5 Å². The predicted octanol–water partition coefficient (Wildman–Crippen LogP) is 2.06. The van der Waals surface area contributed by atoms with Crippen molar-refractivity contribution >= 4 is 15.9 Å². The summed E-state index contributed by atoms with van der Waals surface area (Å²) in [7, 11) is 4.70. The van der Waals surface area contributed by atoms with Gasteiger partial charge in [-0.3, -0.25) is 0 Å². The topological polar surface area (TPSA) is 53.7 Å². The van der Waals surface area contributed by atoms with Crippen LogP contribution in [0.2, 0.25) is 0 Å². The summed E-state index contributed by atoms with van der Waals surface area (Å²) in [5.74, 6) is 1.76. The monoisotopic (exact) mass is 275 g/mol. The summed E-state index contributed by atoms with van der Waals surface area (Å²) in [6, 6.07) is 3.61. The van der Waals surface area contributed by atoms with Crippen molar-refractivity contribution in [2.45, 2.75) is 4.95 Å². The Morgan fingerprint density at radius 3 is 1.80 bits per heavy atom. The molecule has 0 radical (unpaired) electrons. The Bertz CT molecular complexity index is 316. The minimum atomic E-state index is -0.258. The number of hydrogen-bond donors (Lipinski definition) is 1. The summed E-state index contributed by atoms with van der Waals surface area (Å²) in [5.41, 5.74) is 6.58. The van der Waals surface area contributed by atoms with Gasteiger partial charge < -0.3 is 19.9 Å². The molecule has 0 aliphatic carbocycles. The molecule has 15 heavy (non-hydrogen) atoms. The highest BCUT2D eigenvalue weighted by molar-refractivity contribution is 9.09. The van der Waals surface area contributed by atoms with Crippen LogP contribution < -0.4 is 19.9 Å². The fraction of sp³-hybridized carbons (Fsp3) is 0.400. The first-order chi connectivity index (χ1) is 7.13. The molecule has 5 heteroatoms. The second-order valence-electron chi connectivity index (χ2n) is 2.86. The van der Waals surface area contributed by atoms with Gasteiger partial charge in [0, 0.05) is 0 Å². The molecule has 0 aromatic heterocycles. The molecule has 1 rings (SSSR count). The van der Waals surface area contributed by atoms with Crippen LogP contribution in [0.3, 0.4) is 0 Å². The van der Waals surface area contributed by atoms with Crippen LogP contribution in [0.25, 0.3) is 0 Å². The maximum atomic E-state index is 5.72. The number of halogens is 1. The molecule has 2 N–H and O–H groups in total. The van der Waals surface area contributed by atoms with Crippen LogP contribution in [-0.2, 0) is 0 Å². The van der Waals surface area contributed by atoms with Gasteiger partial charge >= 0.3 is 0 Å². The fourth-order valence-electron chi connectivity index (χ4n) is 1.26. The molecule has 0 aliphatic rings. The highest BCUT2D eigenvalue weighted by Gasteiger charge is 2.14. The van der Waals surface area contributed by atoms with E-state index in [1.807, 2.05) is 0 Å². The molecule has 1 unspecified atom stereocenters. The lowest BCUT2D eigenvalue weighted by atomic mass is 10.2. The Labute approximate surface area is 97.4 Å². The van der Waals surface area contributed by atoms with E-state index < -0.39 is 0 Å². The quantitative estimate of drug-likeness (QED) is 0.675. The molecule has 4 nitrogen and oxygen atoms in total. The lowest BCUT2D eigenvalue weighted by Gasteiger charge is -2.14. The smallest absolute Gasteiger partial charge is 0.203 e. The Hall–Kier alpha value is -0.940. The van der Waals surface area contributed by atoms with Gasteiger partial charge in [-0.15, -0.1) is 0 Å². The SMILES string of the molecule is COc1cc(C(N)Br)cc(OC)c1OC. The van der Waals surface area contributed by atoms with E-state index in [2.05, 4.69) is 15.9 Å². The van der Waals surface area contributed by atoms with Crippen LogP contribution in [-0.4, -0.2) is 21.3 Å². The summed E-state index contributed by atoms with van der Waals surface area (Å²) in [5, 5.41) is 0. The van der Waals surface area contributed by atoms with Gasteiger partial charge in [-0.05, 0) is 17.7 Å². The highest BCUT2D eigenvalue weighted by Crippen LogP contribution is 2.39. The zero-order chi connectivity index (χ0) is 11.4. The molecule has 1 aromatic carbocycles. The number of alkyl halides is 1. The summed E-state index contributed by atoms with van der Waals surface area (Å²) in [4.78, 5) is -0.258. The minimum Gasteiger partial charge on any atom is -0.493 e. The third kappa shape index (κ3) is 2.54. The first-order valence-electron chi connectivity index (χ1n) is 4.33. The number of hydrogen-bond acceptors (Lipinski definition) is 4. The maximum absolute atomic E-state index is 5.72. The van der Waals surface area contributed by atoms with E-state index in [1.165, 1.54) is 0 Å². The van der Waals surface area contributed by atoms with Crippen molar-refractivity contribution in [3.63, 3.8) is 0 Å². The summed E-state index contributed by atoms with van der Waals surface area (Å²) < 4.78 is 15.6. The van der Waals surface area contributed by atoms with Crippen LogP contribution in [0.4, 0.5) is 0 Å². The number of nitrogens with two attached hydrogens (primary N) is 1. The predicted molar refractivity (Wildman–Crippen MR) is 62.0 cm³/mol. The number of rotatable bonds is 4. The second-order valence-corrected chi connectivity index (χ2v) is 3.85. The molecule has 0 aliphatic heterocycles. The second kappa shape index (κ2) is 5.23. The van der Waals surface area contributed by atoms with Crippen molar-refractivity contribution in [2.24, 2.45) is 5.73 Å². The average Bonchev–Trinajstić information content (AvgIpc) is 2.26. The van der Waals surface area contributed by atoms with Crippen molar-refractivity contribution in [3.05, 3.63) is 17.7 Å². The van der Waals surface area contributed by atoms with Crippen LogP contribution in [0.15, 0.2) is 12.1 Å². The molecule has 84 valence electrons. The Morgan fingerprint density at radius 1 is 1.07 bits per heavy atom. The number of benzene rings is 1. The lowest BCUT2D eigenvalue weighted by Crippen LogP contribution is -2.03. The first kappa shape index (κ1) is 12.1. The van der Waals surface area contributed by atoms with Crippen LogP contribution in [0.1, 0.15) is 10.5 Å². The van der Waals surface area contributed by atoms with Gasteiger partial charge in [0.15, 0.2) is 11.5 Å².